The molecule has 1 aliphatic rings. The number of hydrogen-bond donors (Lipinski definition) is 1. The molecule has 0 aromatic heterocycles. The van der Waals surface area contributed by atoms with Crippen LogP contribution in [-0.2, 0) is 9.59 Å². The Morgan fingerprint density at radius 2 is 1.77 bits per heavy atom. The van der Waals surface area contributed by atoms with E-state index in [4.69, 9.17) is 21.7 Å². The van der Waals surface area contributed by atoms with Gasteiger partial charge in [0.25, 0.3) is 11.8 Å². The second kappa shape index (κ2) is 9.40. The highest BCUT2D eigenvalue weighted by Crippen LogP contribution is 2.35. The molecule has 2 amide bonds. The molecule has 0 radical (unpaired) electrons. The molecule has 1 N–H and O–H groups in total. The first kappa shape index (κ1) is 22.0. The number of nitrogens with one attached hydrogen (secondary N) is 1. The van der Waals surface area contributed by atoms with Gasteiger partial charge in [-0.05, 0) is 72.7 Å². The van der Waals surface area contributed by atoms with Gasteiger partial charge < -0.3 is 9.47 Å². The maximum absolute atomic E-state index is 13.3. The van der Waals surface area contributed by atoms with Gasteiger partial charge >= 0.3 is 0 Å². The molecule has 1 saturated heterocycles. The Labute approximate surface area is 189 Å². The molecule has 30 heavy (non-hydrogen) atoms. The lowest BCUT2D eigenvalue weighted by molar-refractivity contribution is -0.122. The van der Waals surface area contributed by atoms with E-state index in [0.717, 1.165) is 5.56 Å². The summed E-state index contributed by atoms with van der Waals surface area (Å²) in [6.07, 6.45) is 1.51. The number of amides is 2. The van der Waals surface area contributed by atoms with Gasteiger partial charge in [0.05, 0.1) is 23.4 Å². The first-order chi connectivity index (χ1) is 14.4. The Kier molecular flexibility index (Phi) is 6.89. The quantitative estimate of drug-likeness (QED) is 0.371. The number of para-hydroxylation sites is 1. The maximum Gasteiger partial charge on any atom is 0.270 e. The average Bonchev–Trinajstić information content (AvgIpc) is 2.70. The van der Waals surface area contributed by atoms with Crippen molar-refractivity contribution in [3.05, 3.63) is 57.6 Å². The van der Waals surface area contributed by atoms with Crippen molar-refractivity contribution >= 4 is 56.8 Å². The Bertz CT molecular complexity index is 1050. The molecule has 1 aliphatic heterocycles. The summed E-state index contributed by atoms with van der Waals surface area (Å²) in [4.78, 5) is 27.2. The van der Waals surface area contributed by atoms with Crippen LogP contribution >= 0.6 is 28.1 Å². The topological polar surface area (TPSA) is 67.9 Å². The van der Waals surface area contributed by atoms with Crippen LogP contribution in [0.4, 0.5) is 5.69 Å². The third-order valence-electron chi connectivity index (χ3n) is 4.42. The Morgan fingerprint density at radius 1 is 1.10 bits per heavy atom. The van der Waals surface area contributed by atoms with E-state index in [9.17, 15) is 9.59 Å². The number of anilines is 1. The number of ether oxygens (including phenoxy) is 2. The van der Waals surface area contributed by atoms with E-state index in [1.54, 1.807) is 18.2 Å². The van der Waals surface area contributed by atoms with Crippen LogP contribution in [0.5, 0.6) is 11.5 Å². The number of thiocarbonyl (C=S) groups is 1. The molecule has 0 bridgehead atoms. The summed E-state index contributed by atoms with van der Waals surface area (Å²) < 4.78 is 12.0. The van der Waals surface area contributed by atoms with Crippen molar-refractivity contribution in [2.45, 2.75) is 20.8 Å². The molecule has 0 aliphatic carbocycles. The lowest BCUT2D eigenvalue weighted by atomic mass is 10.0. The fourth-order valence-electron chi connectivity index (χ4n) is 3.06. The number of carbonyl (C=O) groups excluding carboxylic acids is 2. The molecule has 2 aromatic rings. The molecule has 6 nitrogen and oxygen atoms in total. The molecule has 3 rings (SSSR count). The van der Waals surface area contributed by atoms with Crippen molar-refractivity contribution < 1.29 is 19.1 Å². The number of halogens is 1. The van der Waals surface area contributed by atoms with Crippen LogP contribution in [0.25, 0.3) is 6.08 Å². The normalized spacial score (nSPS) is 15.4. The standard InChI is InChI=1S/C22H21BrN2O4S/c1-4-28-18-12-19(29-5-2)16(23)11-14(18)10-15-20(26)24-22(30)25(21(15)27)17-9-7-6-8-13(17)3/h6-12H,4-5H2,1-3H3,(H,24,26,30). The summed E-state index contributed by atoms with van der Waals surface area (Å²) in [7, 11) is 0. The van der Waals surface area contributed by atoms with Crippen molar-refractivity contribution in [3.8, 4) is 11.5 Å². The zero-order valence-corrected chi connectivity index (χ0v) is 19.2. The fraction of sp³-hybridized carbons (Fsp3) is 0.227. The van der Waals surface area contributed by atoms with Crippen molar-refractivity contribution in [1.82, 2.24) is 5.32 Å². The first-order valence-electron chi connectivity index (χ1n) is 9.43. The molecule has 0 atom stereocenters. The molecular formula is C22H21BrN2O4S. The van der Waals surface area contributed by atoms with Crippen LogP contribution in [0.1, 0.15) is 25.0 Å². The summed E-state index contributed by atoms with van der Waals surface area (Å²) in [5.74, 6) is 0.0749. The number of rotatable bonds is 6. The second-order valence-electron chi connectivity index (χ2n) is 6.43. The molecular weight excluding hydrogens is 468 g/mol. The van der Waals surface area contributed by atoms with Gasteiger partial charge in [0, 0.05) is 11.6 Å². The van der Waals surface area contributed by atoms with Gasteiger partial charge in [0.2, 0.25) is 0 Å². The predicted octanol–water partition coefficient (Wildman–Crippen LogP) is 4.39. The van der Waals surface area contributed by atoms with E-state index < -0.39 is 11.8 Å². The first-order valence-corrected chi connectivity index (χ1v) is 10.6. The summed E-state index contributed by atoms with van der Waals surface area (Å²) in [5.41, 5.74) is 2.02. The Morgan fingerprint density at radius 3 is 2.43 bits per heavy atom. The van der Waals surface area contributed by atoms with E-state index in [1.165, 1.54) is 11.0 Å². The lowest BCUT2D eigenvalue weighted by Gasteiger charge is -2.30. The molecule has 0 saturated carbocycles. The largest absolute Gasteiger partial charge is 0.493 e. The smallest absolute Gasteiger partial charge is 0.270 e. The third-order valence-corrected chi connectivity index (χ3v) is 5.33. The van der Waals surface area contributed by atoms with Crippen molar-refractivity contribution in [1.29, 1.82) is 0 Å². The van der Waals surface area contributed by atoms with Crippen molar-refractivity contribution in [2.24, 2.45) is 0 Å². The van der Waals surface area contributed by atoms with E-state index in [2.05, 4.69) is 21.2 Å². The number of nitrogens with zero attached hydrogens (tertiary/aromatic N) is 1. The lowest BCUT2D eigenvalue weighted by Crippen LogP contribution is -2.54. The van der Waals surface area contributed by atoms with Gasteiger partial charge in [-0.1, -0.05) is 18.2 Å². The van der Waals surface area contributed by atoms with E-state index in [-0.39, 0.29) is 10.7 Å². The van der Waals surface area contributed by atoms with Crippen LogP contribution in [0, 0.1) is 6.92 Å². The average molecular weight is 489 g/mol. The number of aryl methyl sites for hydroxylation is 1. The summed E-state index contributed by atoms with van der Waals surface area (Å²) in [5, 5.41) is 2.66. The number of hydrogen-bond acceptors (Lipinski definition) is 5. The van der Waals surface area contributed by atoms with Crippen LogP contribution in [0.2, 0.25) is 0 Å². The minimum atomic E-state index is -0.553. The SMILES string of the molecule is CCOc1cc(OCC)c(C=C2C(=O)NC(=S)N(c3ccccc3C)C2=O)cc1Br. The molecule has 0 unspecified atom stereocenters. The molecule has 1 fully saturated rings. The van der Waals surface area contributed by atoms with Crippen molar-refractivity contribution in [3.63, 3.8) is 0 Å². The molecule has 1 heterocycles. The van der Waals surface area contributed by atoms with Crippen LogP contribution in [0.3, 0.4) is 0 Å². The van der Waals surface area contributed by atoms with E-state index >= 15 is 0 Å². The highest BCUT2D eigenvalue weighted by atomic mass is 79.9. The van der Waals surface area contributed by atoms with Crippen LogP contribution < -0.4 is 19.7 Å². The molecule has 156 valence electrons. The van der Waals surface area contributed by atoms with Gasteiger partial charge in [0.1, 0.15) is 17.1 Å². The molecule has 8 heteroatoms. The molecule has 2 aromatic carbocycles. The summed E-state index contributed by atoms with van der Waals surface area (Å²) in [6, 6.07) is 10.8. The van der Waals surface area contributed by atoms with Gasteiger partial charge in [-0.25, -0.2) is 0 Å². The fourth-order valence-corrected chi connectivity index (χ4v) is 3.81. The van der Waals surface area contributed by atoms with E-state index in [0.29, 0.717) is 40.4 Å². The van der Waals surface area contributed by atoms with Gasteiger partial charge in [-0.3, -0.25) is 19.8 Å². The number of carbonyl (C=O) groups is 2. The van der Waals surface area contributed by atoms with Crippen LogP contribution in [-0.4, -0.2) is 30.1 Å². The van der Waals surface area contributed by atoms with Gasteiger partial charge in [0.15, 0.2) is 5.11 Å². The molecule has 0 spiro atoms. The third kappa shape index (κ3) is 4.39. The van der Waals surface area contributed by atoms with Crippen molar-refractivity contribution in [2.75, 3.05) is 18.1 Å². The van der Waals surface area contributed by atoms with Gasteiger partial charge in [-0.2, -0.15) is 0 Å². The minimum Gasteiger partial charge on any atom is -0.493 e. The zero-order chi connectivity index (χ0) is 21.8. The summed E-state index contributed by atoms with van der Waals surface area (Å²) in [6.45, 7) is 6.53. The zero-order valence-electron chi connectivity index (χ0n) is 16.8. The van der Waals surface area contributed by atoms with Crippen LogP contribution in [0.15, 0.2) is 46.4 Å². The highest BCUT2D eigenvalue weighted by Gasteiger charge is 2.35. The van der Waals surface area contributed by atoms with E-state index in [1.807, 2.05) is 39.0 Å². The Balaban J connectivity index is 2.08. The monoisotopic (exact) mass is 488 g/mol. The maximum atomic E-state index is 13.3. The summed E-state index contributed by atoms with van der Waals surface area (Å²) >= 11 is 8.74. The predicted molar refractivity (Wildman–Crippen MR) is 124 cm³/mol. The highest BCUT2D eigenvalue weighted by molar-refractivity contribution is 9.10. The van der Waals surface area contributed by atoms with Gasteiger partial charge in [-0.15, -0.1) is 0 Å². The second-order valence-corrected chi connectivity index (χ2v) is 7.67. The number of benzene rings is 2. The Hall–Kier alpha value is -2.71. The minimum absolute atomic E-state index is 0.0381.